The Morgan fingerprint density at radius 2 is 2.12 bits per heavy atom. The molecular formula is C16H17FN2O5. The van der Waals surface area contributed by atoms with E-state index in [2.05, 4.69) is 5.32 Å². The van der Waals surface area contributed by atoms with Gasteiger partial charge in [0.2, 0.25) is 11.8 Å². The van der Waals surface area contributed by atoms with Crippen molar-refractivity contribution in [2.45, 2.75) is 11.6 Å². The van der Waals surface area contributed by atoms with E-state index in [1.165, 1.54) is 25.2 Å². The number of aliphatic hydroxyl groups excluding tert-OH is 1. The number of esters is 1. The van der Waals surface area contributed by atoms with Gasteiger partial charge in [-0.25, -0.2) is 9.18 Å². The van der Waals surface area contributed by atoms with Gasteiger partial charge in [-0.15, -0.1) is 0 Å². The van der Waals surface area contributed by atoms with Crippen LogP contribution in [0.3, 0.4) is 0 Å². The van der Waals surface area contributed by atoms with Crippen molar-refractivity contribution < 1.29 is 28.6 Å². The number of halogens is 1. The lowest BCUT2D eigenvalue weighted by atomic mass is 9.79. The zero-order valence-corrected chi connectivity index (χ0v) is 13.2. The standard InChI is InChI=1S/C16H17FN2O5/c1-19-13(21)10-11(14(19)22)16(7-20,15(23)24-2)18-12(10)8-4-3-5-9(17)6-8/h3-6,10-12,18,20H,7H2,1-2H3/t10-,11-,12-,16+/m0/s1. The van der Waals surface area contributed by atoms with Gasteiger partial charge in [0.25, 0.3) is 0 Å². The highest BCUT2D eigenvalue weighted by Gasteiger charge is 2.68. The molecule has 0 aliphatic carbocycles. The van der Waals surface area contributed by atoms with Gasteiger partial charge >= 0.3 is 5.97 Å². The number of imide groups is 1. The van der Waals surface area contributed by atoms with Crippen LogP contribution in [0.2, 0.25) is 0 Å². The van der Waals surface area contributed by atoms with Gasteiger partial charge in [0, 0.05) is 13.1 Å². The topological polar surface area (TPSA) is 95.9 Å². The van der Waals surface area contributed by atoms with E-state index in [0.717, 1.165) is 12.0 Å². The van der Waals surface area contributed by atoms with Gasteiger partial charge in [0.1, 0.15) is 5.82 Å². The highest BCUT2D eigenvalue weighted by molar-refractivity contribution is 6.09. The minimum Gasteiger partial charge on any atom is -0.468 e. The molecule has 2 saturated heterocycles. The van der Waals surface area contributed by atoms with E-state index in [1.54, 1.807) is 6.07 Å². The Balaban J connectivity index is 2.14. The molecule has 128 valence electrons. The molecule has 1 aromatic rings. The van der Waals surface area contributed by atoms with Crippen molar-refractivity contribution in [3.63, 3.8) is 0 Å². The molecule has 1 aromatic carbocycles. The van der Waals surface area contributed by atoms with Gasteiger partial charge in [-0.2, -0.15) is 0 Å². The Kier molecular flexibility index (Phi) is 3.89. The molecule has 0 aromatic heterocycles. The third kappa shape index (κ3) is 2.06. The molecule has 8 heteroatoms. The van der Waals surface area contributed by atoms with E-state index in [4.69, 9.17) is 4.74 Å². The van der Waals surface area contributed by atoms with Crippen molar-refractivity contribution in [2.24, 2.45) is 11.8 Å². The van der Waals surface area contributed by atoms with Gasteiger partial charge in [0.15, 0.2) is 5.54 Å². The Hall–Kier alpha value is -2.32. The maximum atomic E-state index is 13.6. The normalized spacial score (nSPS) is 32.2. The summed E-state index contributed by atoms with van der Waals surface area (Å²) in [5, 5.41) is 12.7. The quantitative estimate of drug-likeness (QED) is 0.576. The summed E-state index contributed by atoms with van der Waals surface area (Å²) < 4.78 is 18.3. The number of fused-ring (bicyclic) bond motifs is 1. The van der Waals surface area contributed by atoms with E-state index in [-0.39, 0.29) is 0 Å². The average molecular weight is 336 g/mol. The number of benzene rings is 1. The van der Waals surface area contributed by atoms with Crippen LogP contribution in [-0.4, -0.2) is 54.1 Å². The van der Waals surface area contributed by atoms with Crippen molar-refractivity contribution in [3.05, 3.63) is 35.6 Å². The molecule has 0 saturated carbocycles. The first kappa shape index (κ1) is 16.5. The predicted molar refractivity (Wildman–Crippen MR) is 78.9 cm³/mol. The van der Waals surface area contributed by atoms with E-state index in [9.17, 15) is 23.9 Å². The Morgan fingerprint density at radius 1 is 1.42 bits per heavy atom. The smallest absolute Gasteiger partial charge is 0.329 e. The minimum absolute atomic E-state index is 0.417. The molecule has 0 spiro atoms. The third-order valence-corrected chi connectivity index (χ3v) is 4.88. The highest BCUT2D eigenvalue weighted by atomic mass is 19.1. The lowest BCUT2D eigenvalue weighted by Crippen LogP contribution is -2.58. The SMILES string of the molecule is COC(=O)[C@]1(CO)N[C@@H](c2cccc(F)c2)[C@H]2C(=O)N(C)C(=O)[C@H]21. The summed E-state index contributed by atoms with van der Waals surface area (Å²) in [6, 6.07) is 4.76. The molecule has 7 nitrogen and oxygen atoms in total. The van der Waals surface area contributed by atoms with Crippen molar-refractivity contribution in [1.82, 2.24) is 10.2 Å². The molecule has 3 rings (SSSR count). The van der Waals surface area contributed by atoms with Crippen LogP contribution in [0.4, 0.5) is 4.39 Å². The van der Waals surface area contributed by atoms with Crippen LogP contribution >= 0.6 is 0 Å². The first-order valence-corrected chi connectivity index (χ1v) is 7.41. The average Bonchev–Trinajstić information content (AvgIpc) is 3.05. The molecule has 2 aliphatic rings. The van der Waals surface area contributed by atoms with Gasteiger partial charge in [-0.05, 0) is 17.7 Å². The summed E-state index contributed by atoms with van der Waals surface area (Å²) in [7, 11) is 2.46. The number of ether oxygens (including phenoxy) is 1. The Labute approximate surface area is 137 Å². The second kappa shape index (κ2) is 5.64. The zero-order valence-electron chi connectivity index (χ0n) is 13.2. The van der Waals surface area contributed by atoms with Gasteiger partial charge in [-0.3, -0.25) is 19.8 Å². The van der Waals surface area contributed by atoms with Crippen molar-refractivity contribution in [2.75, 3.05) is 20.8 Å². The largest absolute Gasteiger partial charge is 0.468 e. The van der Waals surface area contributed by atoms with E-state index >= 15 is 0 Å². The number of amides is 2. The summed E-state index contributed by atoms with van der Waals surface area (Å²) in [6.45, 7) is -0.723. The van der Waals surface area contributed by atoms with Crippen LogP contribution < -0.4 is 5.32 Å². The van der Waals surface area contributed by atoms with Crippen LogP contribution in [0.15, 0.2) is 24.3 Å². The summed E-state index contributed by atoms with van der Waals surface area (Å²) in [5.41, 5.74) is -1.32. The number of carbonyl (C=O) groups is 3. The number of carbonyl (C=O) groups excluding carboxylic acids is 3. The van der Waals surface area contributed by atoms with Crippen LogP contribution in [0.25, 0.3) is 0 Å². The number of nitrogens with one attached hydrogen (secondary N) is 1. The highest BCUT2D eigenvalue weighted by Crippen LogP contribution is 2.48. The number of methoxy groups -OCH3 is 1. The van der Waals surface area contributed by atoms with Crippen molar-refractivity contribution >= 4 is 17.8 Å². The molecule has 24 heavy (non-hydrogen) atoms. The fourth-order valence-electron chi connectivity index (χ4n) is 3.71. The zero-order chi connectivity index (χ0) is 17.6. The fraction of sp³-hybridized carbons (Fsp3) is 0.438. The first-order valence-electron chi connectivity index (χ1n) is 7.41. The Bertz CT molecular complexity index is 724. The number of hydrogen-bond donors (Lipinski definition) is 2. The molecular weight excluding hydrogens is 319 g/mol. The molecule has 2 heterocycles. The molecule has 2 amide bonds. The van der Waals surface area contributed by atoms with Gasteiger partial charge < -0.3 is 9.84 Å². The monoisotopic (exact) mass is 336 g/mol. The van der Waals surface area contributed by atoms with Gasteiger partial charge in [0.05, 0.1) is 25.6 Å². The molecule has 0 bridgehead atoms. The van der Waals surface area contributed by atoms with Crippen LogP contribution in [0, 0.1) is 17.7 Å². The van der Waals surface area contributed by atoms with Crippen LogP contribution in [-0.2, 0) is 19.1 Å². The molecule has 2 fully saturated rings. The second-order valence-corrected chi connectivity index (χ2v) is 6.04. The van der Waals surface area contributed by atoms with Crippen molar-refractivity contribution in [3.8, 4) is 0 Å². The minimum atomic E-state index is -1.74. The summed E-state index contributed by atoms with van der Waals surface area (Å²) in [6.07, 6.45) is 0. The lowest BCUT2D eigenvalue weighted by molar-refractivity contribution is -0.156. The van der Waals surface area contributed by atoms with Crippen LogP contribution in [0.1, 0.15) is 11.6 Å². The number of likely N-dealkylation sites (tertiary alicyclic amines) is 1. The van der Waals surface area contributed by atoms with E-state index in [1.807, 2.05) is 0 Å². The van der Waals surface area contributed by atoms with E-state index < -0.39 is 53.6 Å². The van der Waals surface area contributed by atoms with Gasteiger partial charge in [-0.1, -0.05) is 12.1 Å². The third-order valence-electron chi connectivity index (χ3n) is 4.88. The first-order chi connectivity index (χ1) is 11.4. The molecule has 0 unspecified atom stereocenters. The molecule has 0 radical (unpaired) electrons. The molecule has 2 aliphatic heterocycles. The fourth-order valence-corrected chi connectivity index (χ4v) is 3.71. The summed E-state index contributed by atoms with van der Waals surface area (Å²) in [4.78, 5) is 38.3. The summed E-state index contributed by atoms with van der Waals surface area (Å²) >= 11 is 0. The van der Waals surface area contributed by atoms with Crippen molar-refractivity contribution in [1.29, 1.82) is 0 Å². The predicted octanol–water partition coefficient (Wildman–Crippen LogP) is -0.395. The molecule has 4 atom stereocenters. The second-order valence-electron chi connectivity index (χ2n) is 6.04. The maximum Gasteiger partial charge on any atom is 0.329 e. The number of nitrogens with zero attached hydrogens (tertiary/aromatic N) is 1. The summed E-state index contributed by atoms with van der Waals surface area (Å²) in [5.74, 6) is -4.43. The van der Waals surface area contributed by atoms with E-state index in [0.29, 0.717) is 5.56 Å². The number of hydrogen-bond acceptors (Lipinski definition) is 6. The number of aliphatic hydroxyl groups is 1. The molecule has 2 N–H and O–H groups in total. The maximum absolute atomic E-state index is 13.6. The Morgan fingerprint density at radius 3 is 2.71 bits per heavy atom. The van der Waals surface area contributed by atoms with Crippen LogP contribution in [0.5, 0.6) is 0 Å². The lowest BCUT2D eigenvalue weighted by Gasteiger charge is -2.29. The number of rotatable bonds is 3.